The average Bonchev–Trinajstić information content (AvgIpc) is 2.83. The number of rotatable bonds is 7. The van der Waals surface area contributed by atoms with Crippen LogP contribution in [0.1, 0.15) is 72.7 Å². The Hall–Kier alpha value is -3.07. The average molecular weight is 507 g/mol. The summed E-state index contributed by atoms with van der Waals surface area (Å²) in [5.41, 5.74) is 4.96. The highest BCUT2D eigenvalue weighted by atomic mass is 19.4. The maximum absolute atomic E-state index is 13.5. The summed E-state index contributed by atoms with van der Waals surface area (Å²) in [6.07, 6.45) is -1.21. The van der Waals surface area contributed by atoms with Crippen LogP contribution < -0.4 is 10.2 Å². The van der Waals surface area contributed by atoms with Gasteiger partial charge in [0.05, 0.1) is 12.7 Å². The SMILES string of the molecule is COC(=O)c1ccc(CNN(C(=O)c2ccc(OC(F)(F)F)cc2)C2CCC(C(C)(C)C)CC2)cc1. The molecule has 1 amide bonds. The maximum Gasteiger partial charge on any atom is 0.573 e. The largest absolute Gasteiger partial charge is 0.573 e. The van der Waals surface area contributed by atoms with Crippen molar-refractivity contribution in [2.75, 3.05) is 7.11 Å². The lowest BCUT2D eigenvalue weighted by atomic mass is 9.71. The smallest absolute Gasteiger partial charge is 0.465 e. The van der Waals surface area contributed by atoms with E-state index in [1.54, 1.807) is 29.3 Å². The summed E-state index contributed by atoms with van der Waals surface area (Å²) in [6.45, 7) is 7.01. The van der Waals surface area contributed by atoms with Gasteiger partial charge in [-0.3, -0.25) is 9.80 Å². The van der Waals surface area contributed by atoms with Crippen molar-refractivity contribution < 1.29 is 32.2 Å². The molecule has 1 aliphatic carbocycles. The second-order valence-electron chi connectivity index (χ2n) is 10.1. The van der Waals surface area contributed by atoms with Gasteiger partial charge in [0.15, 0.2) is 0 Å². The van der Waals surface area contributed by atoms with E-state index in [9.17, 15) is 22.8 Å². The summed E-state index contributed by atoms with van der Waals surface area (Å²) < 4.78 is 46.2. The molecule has 1 aliphatic rings. The Labute approximate surface area is 209 Å². The van der Waals surface area contributed by atoms with Crippen LogP contribution in [0.4, 0.5) is 13.2 Å². The van der Waals surface area contributed by atoms with E-state index in [4.69, 9.17) is 4.74 Å². The minimum atomic E-state index is -4.80. The molecular weight excluding hydrogens is 473 g/mol. The molecule has 1 saturated carbocycles. The van der Waals surface area contributed by atoms with Crippen molar-refractivity contribution >= 4 is 11.9 Å². The van der Waals surface area contributed by atoms with Crippen LogP contribution in [-0.4, -0.2) is 36.4 Å². The minimum absolute atomic E-state index is 0.0588. The number of amides is 1. The molecule has 9 heteroatoms. The number of nitrogens with one attached hydrogen (secondary N) is 1. The minimum Gasteiger partial charge on any atom is -0.465 e. The molecule has 36 heavy (non-hydrogen) atoms. The zero-order valence-corrected chi connectivity index (χ0v) is 21.0. The number of ether oxygens (including phenoxy) is 2. The molecule has 0 unspecified atom stereocenters. The number of hydrogen-bond acceptors (Lipinski definition) is 5. The lowest BCUT2D eigenvalue weighted by molar-refractivity contribution is -0.274. The van der Waals surface area contributed by atoms with Crippen LogP contribution in [0.5, 0.6) is 5.75 Å². The first-order chi connectivity index (χ1) is 16.9. The highest BCUT2D eigenvalue weighted by Crippen LogP contribution is 2.39. The number of benzene rings is 2. The molecule has 3 rings (SSSR count). The summed E-state index contributed by atoms with van der Waals surface area (Å²) in [5.74, 6) is -0.580. The highest BCUT2D eigenvalue weighted by molar-refractivity contribution is 5.94. The van der Waals surface area contributed by atoms with Gasteiger partial charge in [-0.05, 0) is 79.0 Å². The number of alkyl halides is 3. The predicted molar refractivity (Wildman–Crippen MR) is 129 cm³/mol. The molecule has 1 N–H and O–H groups in total. The first-order valence-electron chi connectivity index (χ1n) is 12.0. The van der Waals surface area contributed by atoms with E-state index in [-0.39, 0.29) is 28.7 Å². The van der Waals surface area contributed by atoms with Crippen LogP contribution in [0.2, 0.25) is 0 Å². The van der Waals surface area contributed by atoms with E-state index in [1.165, 1.54) is 19.2 Å². The van der Waals surface area contributed by atoms with Crippen LogP contribution in [0, 0.1) is 11.3 Å². The van der Waals surface area contributed by atoms with Gasteiger partial charge in [0, 0.05) is 18.2 Å². The maximum atomic E-state index is 13.5. The van der Waals surface area contributed by atoms with E-state index >= 15 is 0 Å². The molecule has 2 aromatic rings. The fourth-order valence-electron chi connectivity index (χ4n) is 4.56. The number of methoxy groups -OCH3 is 1. The van der Waals surface area contributed by atoms with E-state index < -0.39 is 12.3 Å². The molecule has 0 saturated heterocycles. The number of halogens is 3. The lowest BCUT2D eigenvalue weighted by Crippen LogP contribution is -2.51. The molecule has 196 valence electrons. The molecule has 1 fully saturated rings. The molecular formula is C27H33F3N2O4. The van der Waals surface area contributed by atoms with Crippen LogP contribution in [0.3, 0.4) is 0 Å². The van der Waals surface area contributed by atoms with E-state index in [0.29, 0.717) is 18.0 Å². The molecule has 2 aromatic carbocycles. The Kier molecular flexibility index (Phi) is 8.66. The lowest BCUT2D eigenvalue weighted by Gasteiger charge is -2.41. The van der Waals surface area contributed by atoms with Crippen molar-refractivity contribution in [1.29, 1.82) is 0 Å². The summed E-state index contributed by atoms with van der Waals surface area (Å²) in [5, 5.41) is 1.60. The Bertz CT molecular complexity index is 1020. The van der Waals surface area contributed by atoms with Gasteiger partial charge in [-0.15, -0.1) is 13.2 Å². The fourth-order valence-corrected chi connectivity index (χ4v) is 4.56. The van der Waals surface area contributed by atoms with Crippen LogP contribution in [0.25, 0.3) is 0 Å². The Morgan fingerprint density at radius 2 is 1.47 bits per heavy atom. The van der Waals surface area contributed by atoms with Gasteiger partial charge in [-0.1, -0.05) is 32.9 Å². The van der Waals surface area contributed by atoms with Crippen molar-refractivity contribution in [2.45, 2.75) is 65.4 Å². The molecule has 0 aromatic heterocycles. The van der Waals surface area contributed by atoms with Crippen LogP contribution >= 0.6 is 0 Å². The van der Waals surface area contributed by atoms with Crippen molar-refractivity contribution in [1.82, 2.24) is 10.4 Å². The van der Waals surface area contributed by atoms with Gasteiger partial charge in [0.25, 0.3) is 5.91 Å². The second kappa shape index (κ2) is 11.3. The Morgan fingerprint density at radius 1 is 0.917 bits per heavy atom. The zero-order chi connectivity index (χ0) is 26.5. The molecule has 0 radical (unpaired) electrons. The van der Waals surface area contributed by atoms with E-state index in [2.05, 4.69) is 30.9 Å². The van der Waals surface area contributed by atoms with Gasteiger partial charge in [-0.25, -0.2) is 10.2 Å². The van der Waals surface area contributed by atoms with Crippen molar-refractivity contribution in [2.24, 2.45) is 11.3 Å². The third-order valence-corrected chi connectivity index (χ3v) is 6.67. The highest BCUT2D eigenvalue weighted by Gasteiger charge is 2.34. The van der Waals surface area contributed by atoms with Gasteiger partial charge >= 0.3 is 12.3 Å². The summed E-state index contributed by atoms with van der Waals surface area (Å²) in [7, 11) is 1.32. The first-order valence-corrected chi connectivity index (χ1v) is 12.0. The number of hydrogen-bond donors (Lipinski definition) is 1. The normalized spacial score (nSPS) is 18.4. The number of nitrogens with zero attached hydrogens (tertiary/aromatic N) is 1. The molecule has 0 spiro atoms. The van der Waals surface area contributed by atoms with Crippen molar-refractivity contribution in [3.8, 4) is 5.75 Å². The topological polar surface area (TPSA) is 67.9 Å². The molecule has 0 atom stereocenters. The van der Waals surface area contributed by atoms with Gasteiger partial charge in [-0.2, -0.15) is 0 Å². The predicted octanol–water partition coefficient (Wildman–Crippen LogP) is 6.12. The van der Waals surface area contributed by atoms with Gasteiger partial charge in [0.1, 0.15) is 5.75 Å². The van der Waals surface area contributed by atoms with Crippen LogP contribution in [-0.2, 0) is 11.3 Å². The van der Waals surface area contributed by atoms with Crippen LogP contribution in [0.15, 0.2) is 48.5 Å². The molecule has 0 aliphatic heterocycles. The molecule has 0 heterocycles. The third-order valence-electron chi connectivity index (χ3n) is 6.67. The first kappa shape index (κ1) is 27.5. The zero-order valence-electron chi connectivity index (χ0n) is 21.0. The third kappa shape index (κ3) is 7.46. The van der Waals surface area contributed by atoms with E-state index in [1.807, 2.05) is 0 Å². The van der Waals surface area contributed by atoms with Crippen molar-refractivity contribution in [3.63, 3.8) is 0 Å². The number of esters is 1. The summed E-state index contributed by atoms with van der Waals surface area (Å²) in [4.78, 5) is 25.1. The Balaban J connectivity index is 1.76. The summed E-state index contributed by atoms with van der Waals surface area (Å²) in [6, 6.07) is 11.8. The Morgan fingerprint density at radius 3 is 1.97 bits per heavy atom. The number of hydrazine groups is 1. The quantitative estimate of drug-likeness (QED) is 0.362. The standard InChI is InChI=1S/C27H33F3N2O4/c1-26(2,3)21-11-13-22(14-12-21)32(31-17-18-5-7-20(8-6-18)25(34)35-4)24(33)19-9-15-23(16-10-19)36-27(28,29)30/h5-10,15-16,21-22,31H,11-14,17H2,1-4H3. The van der Waals surface area contributed by atoms with Crippen molar-refractivity contribution in [3.05, 3.63) is 65.2 Å². The fraction of sp³-hybridized carbons (Fsp3) is 0.481. The van der Waals surface area contributed by atoms with Gasteiger partial charge in [0.2, 0.25) is 0 Å². The van der Waals surface area contributed by atoms with Gasteiger partial charge < -0.3 is 9.47 Å². The second-order valence-corrected chi connectivity index (χ2v) is 10.1. The van der Waals surface area contributed by atoms with E-state index in [0.717, 1.165) is 43.4 Å². The monoisotopic (exact) mass is 506 g/mol. The molecule has 6 nitrogen and oxygen atoms in total. The summed E-state index contributed by atoms with van der Waals surface area (Å²) >= 11 is 0. The number of carbonyl (C=O) groups excluding carboxylic acids is 2. The number of carbonyl (C=O) groups is 2. The molecule has 0 bridgehead atoms.